The fourth-order valence-electron chi connectivity index (χ4n) is 2.06. The fourth-order valence-corrected chi connectivity index (χ4v) is 2.52. The third-order valence-corrected chi connectivity index (χ3v) is 3.79. The monoisotopic (exact) mass is 366 g/mol. The molecule has 0 atom stereocenters. The Bertz CT molecular complexity index is 718. The number of hydrogen-bond acceptors (Lipinski definition) is 4. The molecule has 0 saturated carbocycles. The number of rotatable bonds is 7. The largest absolute Gasteiger partial charge is 0.493 e. The molecule has 0 radical (unpaired) electrons. The van der Waals surface area contributed by atoms with Crippen molar-refractivity contribution in [3.8, 4) is 11.5 Å². The highest BCUT2D eigenvalue weighted by Crippen LogP contribution is 2.36. The van der Waals surface area contributed by atoms with Crippen LogP contribution < -0.4 is 14.9 Å². The van der Waals surface area contributed by atoms with Crippen LogP contribution in [0, 0.1) is 0 Å². The SMILES string of the molecule is COc1cc(/C=N\NCc2ccccc2Cl)cc(Cl)c1OC(C)C. The minimum Gasteiger partial charge on any atom is -0.493 e. The standard InChI is InChI=1S/C18H20Cl2N2O2/c1-12(2)24-18-16(20)8-13(9-17(18)23-3)10-21-22-11-14-6-4-5-7-15(14)19/h4-10,12,22H,11H2,1-3H3/b21-10-. The molecule has 2 aromatic rings. The fraction of sp³-hybridized carbons (Fsp3) is 0.278. The van der Waals surface area contributed by atoms with Gasteiger partial charge in [-0.15, -0.1) is 0 Å². The summed E-state index contributed by atoms with van der Waals surface area (Å²) in [6.07, 6.45) is 1.68. The number of benzene rings is 2. The summed E-state index contributed by atoms with van der Waals surface area (Å²) in [5.74, 6) is 1.11. The first kappa shape index (κ1) is 18.4. The van der Waals surface area contributed by atoms with Gasteiger partial charge in [-0.3, -0.25) is 0 Å². The van der Waals surface area contributed by atoms with E-state index in [0.29, 0.717) is 28.1 Å². The van der Waals surface area contributed by atoms with Crippen LogP contribution in [-0.4, -0.2) is 19.4 Å². The van der Waals surface area contributed by atoms with Crippen molar-refractivity contribution in [1.29, 1.82) is 0 Å². The van der Waals surface area contributed by atoms with Gasteiger partial charge in [-0.1, -0.05) is 41.4 Å². The van der Waals surface area contributed by atoms with Crippen LogP contribution in [0.3, 0.4) is 0 Å². The molecule has 0 aromatic heterocycles. The number of hydrogen-bond donors (Lipinski definition) is 1. The summed E-state index contributed by atoms with van der Waals surface area (Å²) >= 11 is 12.4. The number of nitrogens with zero attached hydrogens (tertiary/aromatic N) is 1. The van der Waals surface area contributed by atoms with Crippen LogP contribution in [0.4, 0.5) is 0 Å². The molecular formula is C18H20Cl2N2O2. The van der Waals surface area contributed by atoms with Crippen molar-refractivity contribution in [3.63, 3.8) is 0 Å². The lowest BCUT2D eigenvalue weighted by Gasteiger charge is -2.15. The minimum atomic E-state index is 0.00760. The molecular weight excluding hydrogens is 347 g/mol. The second-order valence-corrected chi connectivity index (χ2v) is 6.20. The molecule has 0 bridgehead atoms. The smallest absolute Gasteiger partial charge is 0.180 e. The van der Waals surface area contributed by atoms with E-state index < -0.39 is 0 Å². The summed E-state index contributed by atoms with van der Waals surface area (Å²) in [7, 11) is 1.58. The van der Waals surface area contributed by atoms with Crippen molar-refractivity contribution in [3.05, 3.63) is 57.6 Å². The quantitative estimate of drug-likeness (QED) is 0.558. The van der Waals surface area contributed by atoms with Crippen LogP contribution >= 0.6 is 23.2 Å². The predicted molar refractivity (Wildman–Crippen MR) is 99.7 cm³/mol. The van der Waals surface area contributed by atoms with E-state index in [2.05, 4.69) is 10.5 Å². The third kappa shape index (κ3) is 5.05. The summed E-state index contributed by atoms with van der Waals surface area (Å²) in [5.41, 5.74) is 4.75. The van der Waals surface area contributed by atoms with Crippen molar-refractivity contribution in [2.24, 2.45) is 5.10 Å². The highest BCUT2D eigenvalue weighted by molar-refractivity contribution is 6.32. The normalized spacial score (nSPS) is 11.1. The van der Waals surface area contributed by atoms with Gasteiger partial charge in [0.25, 0.3) is 0 Å². The molecule has 24 heavy (non-hydrogen) atoms. The minimum absolute atomic E-state index is 0.00760. The molecule has 0 aliphatic rings. The molecule has 128 valence electrons. The Labute approximate surface area is 152 Å². The Hall–Kier alpha value is -1.91. The molecule has 1 N–H and O–H groups in total. The molecule has 0 spiro atoms. The average Bonchev–Trinajstić information content (AvgIpc) is 2.55. The lowest BCUT2D eigenvalue weighted by atomic mass is 10.2. The maximum atomic E-state index is 6.28. The van der Waals surface area contributed by atoms with E-state index >= 15 is 0 Å². The Morgan fingerprint density at radius 3 is 2.58 bits per heavy atom. The van der Waals surface area contributed by atoms with Crippen molar-refractivity contribution >= 4 is 29.4 Å². The van der Waals surface area contributed by atoms with Gasteiger partial charge in [-0.05, 0) is 43.2 Å². The van der Waals surface area contributed by atoms with Gasteiger partial charge in [0.15, 0.2) is 11.5 Å². The van der Waals surface area contributed by atoms with Gasteiger partial charge in [0.05, 0.1) is 31.0 Å². The maximum Gasteiger partial charge on any atom is 0.180 e. The van der Waals surface area contributed by atoms with Crippen LogP contribution in [0.2, 0.25) is 10.0 Å². The van der Waals surface area contributed by atoms with Crippen molar-refractivity contribution in [2.75, 3.05) is 7.11 Å². The van der Waals surface area contributed by atoms with E-state index in [9.17, 15) is 0 Å². The second-order valence-electron chi connectivity index (χ2n) is 5.39. The van der Waals surface area contributed by atoms with E-state index in [1.165, 1.54) is 0 Å². The van der Waals surface area contributed by atoms with Crippen LogP contribution in [-0.2, 0) is 6.54 Å². The van der Waals surface area contributed by atoms with E-state index in [1.807, 2.05) is 44.2 Å². The van der Waals surface area contributed by atoms with Crippen LogP contribution in [0.15, 0.2) is 41.5 Å². The maximum absolute atomic E-state index is 6.28. The molecule has 0 amide bonds. The van der Waals surface area contributed by atoms with E-state index in [4.69, 9.17) is 32.7 Å². The molecule has 0 saturated heterocycles. The highest BCUT2D eigenvalue weighted by atomic mass is 35.5. The van der Waals surface area contributed by atoms with Crippen LogP contribution in [0.25, 0.3) is 0 Å². The zero-order chi connectivity index (χ0) is 17.5. The molecule has 6 heteroatoms. The summed E-state index contributed by atoms with van der Waals surface area (Å²) < 4.78 is 11.0. The van der Waals surface area contributed by atoms with E-state index in [0.717, 1.165) is 11.1 Å². The Kier molecular flexibility index (Phi) is 6.76. The van der Waals surface area contributed by atoms with Gasteiger partial charge in [0, 0.05) is 5.02 Å². The zero-order valence-corrected chi connectivity index (χ0v) is 15.4. The van der Waals surface area contributed by atoms with Gasteiger partial charge in [-0.25, -0.2) is 0 Å². The van der Waals surface area contributed by atoms with Crippen molar-refractivity contribution < 1.29 is 9.47 Å². The number of halogens is 2. The number of ether oxygens (including phenoxy) is 2. The molecule has 0 aliphatic heterocycles. The molecule has 0 heterocycles. The highest BCUT2D eigenvalue weighted by Gasteiger charge is 2.12. The number of methoxy groups -OCH3 is 1. The molecule has 0 aliphatic carbocycles. The first-order chi connectivity index (χ1) is 11.5. The van der Waals surface area contributed by atoms with Gasteiger partial charge in [-0.2, -0.15) is 5.10 Å². The second kappa shape index (κ2) is 8.81. The van der Waals surface area contributed by atoms with Gasteiger partial charge in [0.1, 0.15) is 0 Å². The molecule has 2 aromatic carbocycles. The van der Waals surface area contributed by atoms with E-state index in [1.54, 1.807) is 19.4 Å². The molecule has 4 nitrogen and oxygen atoms in total. The van der Waals surface area contributed by atoms with Crippen LogP contribution in [0.5, 0.6) is 11.5 Å². The summed E-state index contributed by atoms with van der Waals surface area (Å²) in [5, 5.41) is 5.39. The summed E-state index contributed by atoms with van der Waals surface area (Å²) in [6, 6.07) is 11.2. The molecule has 0 fully saturated rings. The summed E-state index contributed by atoms with van der Waals surface area (Å²) in [4.78, 5) is 0. The topological polar surface area (TPSA) is 42.8 Å². The first-order valence-electron chi connectivity index (χ1n) is 7.54. The number of hydrazone groups is 1. The first-order valence-corrected chi connectivity index (χ1v) is 8.30. The predicted octanol–water partition coefficient (Wildman–Crippen LogP) is 4.91. The lowest BCUT2D eigenvalue weighted by molar-refractivity contribution is 0.230. The number of nitrogens with one attached hydrogen (secondary N) is 1. The van der Waals surface area contributed by atoms with Crippen LogP contribution in [0.1, 0.15) is 25.0 Å². The molecule has 2 rings (SSSR count). The lowest BCUT2D eigenvalue weighted by Crippen LogP contribution is -2.08. The van der Waals surface area contributed by atoms with Gasteiger partial charge in [0.2, 0.25) is 0 Å². The Balaban J connectivity index is 2.06. The average molecular weight is 367 g/mol. The third-order valence-electron chi connectivity index (χ3n) is 3.14. The van der Waals surface area contributed by atoms with Gasteiger partial charge < -0.3 is 14.9 Å². The molecule has 0 unspecified atom stereocenters. The van der Waals surface area contributed by atoms with Crippen molar-refractivity contribution in [2.45, 2.75) is 26.5 Å². The Morgan fingerprint density at radius 1 is 1.17 bits per heavy atom. The van der Waals surface area contributed by atoms with Crippen molar-refractivity contribution in [1.82, 2.24) is 5.43 Å². The van der Waals surface area contributed by atoms with Gasteiger partial charge >= 0.3 is 0 Å². The zero-order valence-electron chi connectivity index (χ0n) is 13.8. The Morgan fingerprint density at radius 2 is 1.92 bits per heavy atom. The van der Waals surface area contributed by atoms with E-state index in [-0.39, 0.29) is 6.10 Å². The summed E-state index contributed by atoms with van der Waals surface area (Å²) in [6.45, 7) is 4.41.